The maximum atomic E-state index is 14.0. The number of aryl methyl sites for hydroxylation is 1. The van der Waals surface area contributed by atoms with Gasteiger partial charge in [-0.15, -0.1) is 0 Å². The largest absolute Gasteiger partial charge is 0.322 e. The minimum absolute atomic E-state index is 0.00702. The van der Waals surface area contributed by atoms with E-state index in [0.29, 0.717) is 21.4 Å². The number of hydrogen-bond donors (Lipinski definition) is 1. The van der Waals surface area contributed by atoms with Crippen LogP contribution in [0.1, 0.15) is 17.7 Å². The van der Waals surface area contributed by atoms with Crippen molar-refractivity contribution in [2.24, 2.45) is 0 Å². The number of anilines is 1. The van der Waals surface area contributed by atoms with Crippen LogP contribution in [0.5, 0.6) is 0 Å². The first-order valence-corrected chi connectivity index (χ1v) is 10.1. The molecule has 0 fully saturated rings. The molecule has 0 aliphatic rings. The average molecular weight is 489 g/mol. The Hall–Kier alpha value is -3.20. The van der Waals surface area contributed by atoms with Crippen molar-refractivity contribution in [3.8, 4) is 11.3 Å². The molecule has 0 saturated carbocycles. The number of nitrogens with zero attached hydrogens (tertiary/aromatic N) is 3. The number of aromatic nitrogens is 3. The lowest BCUT2D eigenvalue weighted by atomic mass is 10.1. The van der Waals surface area contributed by atoms with E-state index in [9.17, 15) is 18.0 Å². The molecular formula is C22H16BrF3N4O. The lowest BCUT2D eigenvalue weighted by molar-refractivity contribution is -0.116. The Morgan fingerprint density at radius 1 is 1.16 bits per heavy atom. The number of rotatable bonds is 5. The van der Waals surface area contributed by atoms with Gasteiger partial charge in [0.25, 0.3) is 6.43 Å². The van der Waals surface area contributed by atoms with E-state index in [-0.39, 0.29) is 28.8 Å². The molecule has 2 aromatic heterocycles. The van der Waals surface area contributed by atoms with Crippen LogP contribution in [0.15, 0.2) is 59.1 Å². The van der Waals surface area contributed by atoms with E-state index < -0.39 is 18.1 Å². The fraction of sp³-hybridized carbons (Fsp3) is 0.136. The number of benzene rings is 2. The van der Waals surface area contributed by atoms with E-state index in [2.05, 4.69) is 31.3 Å². The minimum Gasteiger partial charge on any atom is -0.322 e. The van der Waals surface area contributed by atoms with Gasteiger partial charge in [-0.05, 0) is 31.2 Å². The van der Waals surface area contributed by atoms with Gasteiger partial charge in [0.1, 0.15) is 12.4 Å². The second-order valence-electron chi connectivity index (χ2n) is 6.88. The molecule has 0 aliphatic heterocycles. The van der Waals surface area contributed by atoms with Crippen molar-refractivity contribution < 1.29 is 18.0 Å². The number of pyridine rings is 1. The molecule has 9 heteroatoms. The summed E-state index contributed by atoms with van der Waals surface area (Å²) in [6.07, 6.45) is -2.74. The normalized spacial score (nSPS) is 11.3. The molecule has 2 aromatic carbocycles. The second-order valence-corrected chi connectivity index (χ2v) is 7.79. The van der Waals surface area contributed by atoms with E-state index in [1.807, 2.05) is 6.07 Å². The lowest BCUT2D eigenvalue weighted by Crippen LogP contribution is -2.20. The van der Waals surface area contributed by atoms with Crippen LogP contribution in [0.3, 0.4) is 0 Å². The third kappa shape index (κ3) is 4.32. The molecule has 0 spiro atoms. The van der Waals surface area contributed by atoms with Crippen LogP contribution in [0.2, 0.25) is 0 Å². The summed E-state index contributed by atoms with van der Waals surface area (Å²) in [6.45, 7) is 1.27. The van der Waals surface area contributed by atoms with Gasteiger partial charge in [0, 0.05) is 15.6 Å². The zero-order valence-corrected chi connectivity index (χ0v) is 17.8. The van der Waals surface area contributed by atoms with Crippen LogP contribution in [-0.4, -0.2) is 20.7 Å². The van der Waals surface area contributed by atoms with Gasteiger partial charge in [-0.1, -0.05) is 46.3 Å². The van der Waals surface area contributed by atoms with E-state index in [0.717, 1.165) is 0 Å². The molecule has 0 bridgehead atoms. The van der Waals surface area contributed by atoms with Gasteiger partial charge in [-0.25, -0.2) is 22.8 Å². The fourth-order valence-corrected chi connectivity index (χ4v) is 3.68. The summed E-state index contributed by atoms with van der Waals surface area (Å²) < 4.78 is 43.5. The first kappa shape index (κ1) is 21.0. The van der Waals surface area contributed by atoms with Crippen molar-refractivity contribution in [1.82, 2.24) is 14.8 Å². The topological polar surface area (TPSA) is 59.8 Å². The van der Waals surface area contributed by atoms with Crippen LogP contribution in [0.4, 0.5) is 18.9 Å². The maximum Gasteiger partial charge on any atom is 0.264 e. The number of hydrogen-bond acceptors (Lipinski definition) is 3. The number of alkyl halides is 2. The highest BCUT2D eigenvalue weighted by molar-refractivity contribution is 9.10. The van der Waals surface area contributed by atoms with Gasteiger partial charge in [-0.2, -0.15) is 5.10 Å². The van der Waals surface area contributed by atoms with Gasteiger partial charge < -0.3 is 5.32 Å². The molecule has 1 N–H and O–H groups in total. The molecule has 2 heterocycles. The Bertz CT molecular complexity index is 1270. The second kappa shape index (κ2) is 8.50. The average Bonchev–Trinajstić information content (AvgIpc) is 3.05. The molecule has 0 saturated heterocycles. The first-order chi connectivity index (χ1) is 14.8. The van der Waals surface area contributed by atoms with Crippen LogP contribution < -0.4 is 5.32 Å². The van der Waals surface area contributed by atoms with E-state index in [4.69, 9.17) is 0 Å². The quantitative estimate of drug-likeness (QED) is 0.381. The van der Waals surface area contributed by atoms with Crippen LogP contribution in [-0.2, 0) is 11.3 Å². The van der Waals surface area contributed by atoms with Crippen molar-refractivity contribution in [3.63, 3.8) is 0 Å². The van der Waals surface area contributed by atoms with Crippen molar-refractivity contribution in [1.29, 1.82) is 0 Å². The molecule has 0 radical (unpaired) electrons. The zero-order chi connectivity index (χ0) is 22.1. The summed E-state index contributed by atoms with van der Waals surface area (Å²) in [7, 11) is 0. The monoisotopic (exact) mass is 488 g/mol. The number of nitrogens with one attached hydrogen (secondary N) is 1. The molecule has 0 atom stereocenters. The van der Waals surface area contributed by atoms with Gasteiger partial charge in [0.2, 0.25) is 5.91 Å². The summed E-state index contributed by atoms with van der Waals surface area (Å²) >= 11 is 3.15. The van der Waals surface area contributed by atoms with Crippen molar-refractivity contribution >= 4 is 38.6 Å². The smallest absolute Gasteiger partial charge is 0.264 e. The third-order valence-corrected chi connectivity index (χ3v) is 5.20. The van der Waals surface area contributed by atoms with E-state index in [1.165, 1.54) is 22.9 Å². The van der Waals surface area contributed by atoms with Crippen molar-refractivity contribution in [2.75, 3.05) is 5.32 Å². The summed E-state index contributed by atoms with van der Waals surface area (Å²) in [5, 5.41) is 6.92. The molecule has 0 aliphatic carbocycles. The molecule has 4 rings (SSSR count). The van der Waals surface area contributed by atoms with Crippen LogP contribution in [0.25, 0.3) is 22.3 Å². The van der Waals surface area contributed by atoms with E-state index in [1.54, 1.807) is 37.3 Å². The highest BCUT2D eigenvalue weighted by Crippen LogP contribution is 2.33. The molecule has 158 valence electrons. The molecule has 0 unspecified atom stereocenters. The third-order valence-electron chi connectivity index (χ3n) is 4.71. The predicted molar refractivity (Wildman–Crippen MR) is 115 cm³/mol. The molecule has 5 nitrogen and oxygen atoms in total. The van der Waals surface area contributed by atoms with Gasteiger partial charge >= 0.3 is 0 Å². The number of halogens is 4. The SMILES string of the molecule is Cc1nn(CC(=O)Nc2ccc(Br)cc2F)c2nc(-c3ccccc3)cc(C(F)F)c12. The van der Waals surface area contributed by atoms with Crippen LogP contribution >= 0.6 is 15.9 Å². The fourth-order valence-electron chi connectivity index (χ4n) is 3.34. The maximum absolute atomic E-state index is 14.0. The molecule has 1 amide bonds. The predicted octanol–water partition coefficient (Wildman–Crippen LogP) is 5.88. The zero-order valence-electron chi connectivity index (χ0n) is 16.2. The first-order valence-electron chi connectivity index (χ1n) is 9.30. The summed E-state index contributed by atoms with van der Waals surface area (Å²) in [6, 6.07) is 14.5. The standard InChI is InChI=1S/C22H16BrF3N4O/c1-12-20-15(21(25)26)10-18(13-5-3-2-4-6-13)28-22(20)30(29-12)11-19(31)27-17-8-7-14(23)9-16(17)24/h2-10,21H,11H2,1H3,(H,27,31). The summed E-state index contributed by atoms with van der Waals surface area (Å²) in [5.41, 5.74) is 1.32. The van der Waals surface area contributed by atoms with Gasteiger partial charge in [0.05, 0.1) is 22.5 Å². The Balaban J connectivity index is 1.74. The lowest BCUT2D eigenvalue weighted by Gasteiger charge is -2.10. The van der Waals surface area contributed by atoms with Gasteiger partial charge in [-0.3, -0.25) is 4.79 Å². The summed E-state index contributed by atoms with van der Waals surface area (Å²) in [5.74, 6) is -1.16. The highest BCUT2D eigenvalue weighted by atomic mass is 79.9. The minimum atomic E-state index is -2.74. The molecular weight excluding hydrogens is 473 g/mol. The summed E-state index contributed by atoms with van der Waals surface area (Å²) in [4.78, 5) is 17.0. The van der Waals surface area contributed by atoms with Crippen molar-refractivity contribution in [3.05, 3.63) is 76.1 Å². The van der Waals surface area contributed by atoms with Crippen molar-refractivity contribution in [2.45, 2.75) is 19.9 Å². The number of fused-ring (bicyclic) bond motifs is 1. The van der Waals surface area contributed by atoms with E-state index >= 15 is 0 Å². The van der Waals surface area contributed by atoms with Crippen LogP contribution in [0, 0.1) is 12.7 Å². The number of carbonyl (C=O) groups excluding carboxylic acids is 1. The Morgan fingerprint density at radius 3 is 2.58 bits per heavy atom. The number of carbonyl (C=O) groups is 1. The Kier molecular flexibility index (Phi) is 5.77. The molecule has 4 aromatic rings. The highest BCUT2D eigenvalue weighted by Gasteiger charge is 2.22. The number of amides is 1. The van der Waals surface area contributed by atoms with Gasteiger partial charge in [0.15, 0.2) is 5.65 Å². The molecule has 31 heavy (non-hydrogen) atoms. The Morgan fingerprint density at radius 2 is 1.90 bits per heavy atom. The Labute approximate surface area is 184 Å².